The summed E-state index contributed by atoms with van der Waals surface area (Å²) in [6.07, 6.45) is 3.84. The van der Waals surface area contributed by atoms with Gasteiger partial charge >= 0.3 is 0 Å². The van der Waals surface area contributed by atoms with Crippen molar-refractivity contribution in [1.82, 2.24) is 14.8 Å². The number of thiophene rings is 1. The first-order valence-corrected chi connectivity index (χ1v) is 9.25. The molecule has 1 atom stereocenters. The van der Waals surface area contributed by atoms with Crippen LogP contribution in [0, 0.1) is 0 Å². The average Bonchev–Trinajstić information content (AvgIpc) is 3.24. The van der Waals surface area contributed by atoms with Crippen molar-refractivity contribution >= 4 is 28.8 Å². The molecule has 2 aromatic heterocycles. The van der Waals surface area contributed by atoms with E-state index in [2.05, 4.69) is 4.98 Å². The van der Waals surface area contributed by atoms with Crippen LogP contribution in [-0.2, 0) is 9.59 Å². The third-order valence-corrected chi connectivity index (χ3v) is 5.24. The molecular formula is C19H21N3O3S. The molecule has 0 saturated carbocycles. The Morgan fingerprint density at radius 2 is 2.00 bits per heavy atom. The molecule has 1 saturated heterocycles. The minimum atomic E-state index is -0.637. The lowest BCUT2D eigenvalue weighted by molar-refractivity contribution is -0.139. The van der Waals surface area contributed by atoms with Gasteiger partial charge in [-0.15, -0.1) is 11.3 Å². The minimum absolute atomic E-state index is 0.147. The maximum atomic E-state index is 12.7. The maximum absolute atomic E-state index is 12.7. The number of ketones is 1. The zero-order valence-electron chi connectivity index (χ0n) is 14.8. The molecule has 136 valence electrons. The average molecular weight is 371 g/mol. The van der Waals surface area contributed by atoms with Crippen molar-refractivity contribution in [2.24, 2.45) is 0 Å². The lowest BCUT2D eigenvalue weighted by atomic mass is 10.0. The summed E-state index contributed by atoms with van der Waals surface area (Å²) in [5, 5.41) is 12.7. The molecule has 1 aliphatic heterocycles. The Kier molecular flexibility index (Phi) is 5.49. The number of hydrogen-bond acceptors (Lipinski definition) is 6. The molecule has 0 aliphatic carbocycles. The van der Waals surface area contributed by atoms with E-state index in [1.807, 2.05) is 36.5 Å². The Morgan fingerprint density at radius 3 is 2.62 bits per heavy atom. The number of nitrogens with zero attached hydrogens (tertiary/aromatic N) is 3. The lowest BCUT2D eigenvalue weighted by Crippen LogP contribution is -2.32. The van der Waals surface area contributed by atoms with Gasteiger partial charge in [0.2, 0.25) is 0 Å². The first-order valence-electron chi connectivity index (χ1n) is 8.37. The van der Waals surface area contributed by atoms with Crippen molar-refractivity contribution in [3.8, 4) is 0 Å². The van der Waals surface area contributed by atoms with Crippen LogP contribution in [0.2, 0.25) is 0 Å². The number of carbonyl (C=O) groups excluding carboxylic acids is 2. The Hall–Kier alpha value is -2.51. The summed E-state index contributed by atoms with van der Waals surface area (Å²) in [7, 11) is 3.93. The van der Waals surface area contributed by atoms with Gasteiger partial charge in [-0.1, -0.05) is 6.07 Å². The van der Waals surface area contributed by atoms with E-state index in [0.29, 0.717) is 12.1 Å². The van der Waals surface area contributed by atoms with Gasteiger partial charge in [0.25, 0.3) is 11.7 Å². The smallest absolute Gasteiger partial charge is 0.295 e. The summed E-state index contributed by atoms with van der Waals surface area (Å²) in [5.41, 5.74) is 0.626. The highest BCUT2D eigenvalue weighted by atomic mass is 32.1. The van der Waals surface area contributed by atoms with Crippen LogP contribution >= 0.6 is 11.3 Å². The fourth-order valence-corrected chi connectivity index (χ4v) is 3.92. The lowest BCUT2D eigenvalue weighted by Gasteiger charge is -2.24. The van der Waals surface area contributed by atoms with Crippen LogP contribution in [0.5, 0.6) is 0 Å². The van der Waals surface area contributed by atoms with Gasteiger partial charge in [0.15, 0.2) is 0 Å². The fraction of sp³-hybridized carbons (Fsp3) is 0.316. The molecule has 3 rings (SSSR count). The van der Waals surface area contributed by atoms with Gasteiger partial charge in [0.05, 0.1) is 11.6 Å². The molecule has 0 radical (unpaired) electrons. The van der Waals surface area contributed by atoms with Crippen molar-refractivity contribution in [1.29, 1.82) is 0 Å². The number of amides is 1. The standard InChI is InChI=1S/C19H21N3O3S/c1-21(2)10-4-11-22-16(14-5-3-12-26-14)15(18(24)19(22)25)17(23)13-6-8-20-9-7-13/h3,5-9,12,16,23H,4,10-11H2,1-2H3/b17-15+/t16-/m1/s1. The number of likely N-dealkylation sites (tertiary alicyclic amines) is 1. The number of pyridine rings is 1. The molecule has 1 amide bonds. The normalized spacial score (nSPS) is 19.5. The Labute approximate surface area is 156 Å². The summed E-state index contributed by atoms with van der Waals surface area (Å²) in [4.78, 5) is 33.8. The van der Waals surface area contributed by atoms with Gasteiger partial charge in [0, 0.05) is 29.4 Å². The number of aliphatic hydroxyl groups excluding tert-OH is 1. The highest BCUT2D eigenvalue weighted by molar-refractivity contribution is 7.10. The first kappa shape index (κ1) is 18.3. The highest BCUT2D eigenvalue weighted by Gasteiger charge is 2.46. The van der Waals surface area contributed by atoms with E-state index in [-0.39, 0.29) is 11.3 Å². The van der Waals surface area contributed by atoms with E-state index in [1.165, 1.54) is 11.3 Å². The minimum Gasteiger partial charge on any atom is -0.507 e. The number of carbonyl (C=O) groups is 2. The molecule has 0 bridgehead atoms. The maximum Gasteiger partial charge on any atom is 0.295 e. The van der Waals surface area contributed by atoms with Gasteiger partial charge in [-0.25, -0.2) is 0 Å². The van der Waals surface area contributed by atoms with E-state index in [1.54, 1.807) is 29.4 Å². The molecular weight excluding hydrogens is 350 g/mol. The van der Waals surface area contributed by atoms with Crippen molar-refractivity contribution < 1.29 is 14.7 Å². The SMILES string of the molecule is CN(C)CCCN1C(=O)C(=O)/C(=C(/O)c2ccncc2)[C@H]1c1cccs1. The van der Waals surface area contributed by atoms with Gasteiger partial charge in [-0.2, -0.15) is 0 Å². The molecule has 0 spiro atoms. The third-order valence-electron chi connectivity index (χ3n) is 4.31. The van der Waals surface area contributed by atoms with Crippen LogP contribution in [0.1, 0.15) is 22.9 Å². The second-order valence-electron chi connectivity index (χ2n) is 6.40. The molecule has 3 heterocycles. The first-order chi connectivity index (χ1) is 12.5. The predicted octanol–water partition coefficient (Wildman–Crippen LogP) is 2.52. The number of hydrogen-bond donors (Lipinski definition) is 1. The van der Waals surface area contributed by atoms with Crippen molar-refractivity contribution in [3.63, 3.8) is 0 Å². The monoisotopic (exact) mass is 371 g/mol. The van der Waals surface area contributed by atoms with Crippen LogP contribution in [0.15, 0.2) is 47.6 Å². The summed E-state index contributed by atoms with van der Waals surface area (Å²) in [6.45, 7) is 1.27. The van der Waals surface area contributed by atoms with Crippen LogP contribution in [0.25, 0.3) is 5.76 Å². The fourth-order valence-electron chi connectivity index (χ4n) is 3.08. The van der Waals surface area contributed by atoms with E-state index < -0.39 is 17.7 Å². The molecule has 0 aromatic carbocycles. The van der Waals surface area contributed by atoms with Crippen molar-refractivity contribution in [2.45, 2.75) is 12.5 Å². The summed E-state index contributed by atoms with van der Waals surface area (Å²) in [6, 6.07) is 6.47. The summed E-state index contributed by atoms with van der Waals surface area (Å²) >= 11 is 1.47. The van der Waals surface area contributed by atoms with Gasteiger partial charge in [-0.05, 0) is 50.6 Å². The number of aromatic nitrogens is 1. The van der Waals surface area contributed by atoms with Gasteiger partial charge in [-0.3, -0.25) is 14.6 Å². The Bertz CT molecular complexity index is 816. The highest BCUT2D eigenvalue weighted by Crippen LogP contribution is 2.40. The van der Waals surface area contributed by atoms with Crippen LogP contribution in [-0.4, -0.2) is 58.8 Å². The van der Waals surface area contributed by atoms with Crippen LogP contribution < -0.4 is 0 Å². The molecule has 1 fully saturated rings. The zero-order valence-corrected chi connectivity index (χ0v) is 15.6. The molecule has 2 aromatic rings. The van der Waals surface area contributed by atoms with Crippen molar-refractivity contribution in [2.75, 3.05) is 27.2 Å². The van der Waals surface area contributed by atoms with E-state index in [4.69, 9.17) is 0 Å². The molecule has 26 heavy (non-hydrogen) atoms. The van der Waals surface area contributed by atoms with Crippen molar-refractivity contribution in [3.05, 3.63) is 58.1 Å². The third kappa shape index (κ3) is 3.54. The molecule has 1 N–H and O–H groups in total. The van der Waals surface area contributed by atoms with E-state index in [9.17, 15) is 14.7 Å². The second-order valence-corrected chi connectivity index (χ2v) is 7.38. The molecule has 1 aliphatic rings. The largest absolute Gasteiger partial charge is 0.507 e. The van der Waals surface area contributed by atoms with Crippen LogP contribution in [0.3, 0.4) is 0 Å². The zero-order chi connectivity index (χ0) is 18.7. The summed E-state index contributed by atoms with van der Waals surface area (Å²) in [5.74, 6) is -1.35. The van der Waals surface area contributed by atoms with E-state index in [0.717, 1.165) is 17.8 Å². The quantitative estimate of drug-likeness (QED) is 0.480. The molecule has 7 heteroatoms. The number of rotatable bonds is 6. The topological polar surface area (TPSA) is 73.7 Å². The number of Topliss-reactive ketones (excluding diaryl/α,β-unsaturated/α-hetero) is 1. The van der Waals surface area contributed by atoms with Gasteiger partial charge < -0.3 is 14.9 Å². The number of aliphatic hydroxyl groups is 1. The molecule has 6 nitrogen and oxygen atoms in total. The Balaban J connectivity index is 2.02. The molecule has 0 unspecified atom stereocenters. The summed E-state index contributed by atoms with van der Waals surface area (Å²) < 4.78 is 0. The van der Waals surface area contributed by atoms with Gasteiger partial charge in [0.1, 0.15) is 5.76 Å². The second kappa shape index (κ2) is 7.80. The van der Waals surface area contributed by atoms with E-state index >= 15 is 0 Å². The Morgan fingerprint density at radius 1 is 1.27 bits per heavy atom. The predicted molar refractivity (Wildman–Crippen MR) is 101 cm³/mol. The van der Waals surface area contributed by atoms with Crippen LogP contribution in [0.4, 0.5) is 0 Å².